The normalized spacial score (nSPS) is 14.8. The van der Waals surface area contributed by atoms with Crippen molar-refractivity contribution < 1.29 is 14.5 Å². The van der Waals surface area contributed by atoms with Crippen LogP contribution in [-0.4, -0.2) is 27.2 Å². The number of imide groups is 1. The second-order valence-electron chi connectivity index (χ2n) is 5.22. The summed E-state index contributed by atoms with van der Waals surface area (Å²) in [5, 5.41) is 10.6. The van der Waals surface area contributed by atoms with E-state index in [1.54, 1.807) is 20.8 Å². The highest BCUT2D eigenvalue weighted by molar-refractivity contribution is 6.34. The predicted molar refractivity (Wildman–Crippen MR) is 68.4 cm³/mol. The fraction of sp³-hybridized carbons (Fsp3) is 0.333. The molecule has 100 valence electrons. The summed E-state index contributed by atoms with van der Waals surface area (Å²) in [7, 11) is 0. The van der Waals surface area contributed by atoms with Crippen LogP contribution in [0.4, 0.5) is 5.69 Å². The molecule has 1 aliphatic heterocycles. The van der Waals surface area contributed by atoms with Crippen molar-refractivity contribution in [3.8, 4) is 0 Å². The van der Waals surface area contributed by atoms with Gasteiger partial charge in [-0.05, 0) is 26.8 Å². The Balaban J connectivity index is 2.64. The van der Waals surface area contributed by atoms with E-state index in [0.717, 1.165) is 11.0 Å². The van der Waals surface area contributed by atoms with Gasteiger partial charge in [-0.3, -0.25) is 24.6 Å². The van der Waals surface area contributed by atoms with Crippen molar-refractivity contribution in [2.75, 3.05) is 0 Å². The highest BCUT2D eigenvalue weighted by Crippen LogP contribution is 2.35. The highest BCUT2D eigenvalue weighted by Gasteiger charge is 2.43. The average Bonchev–Trinajstić information content (AvgIpc) is 2.49. The van der Waals surface area contributed by atoms with Crippen molar-refractivity contribution >= 4 is 29.1 Å². The molecule has 19 heavy (non-hydrogen) atoms. The van der Waals surface area contributed by atoms with E-state index in [0.29, 0.717) is 0 Å². The predicted octanol–water partition coefficient (Wildman–Crippen LogP) is 2.64. The van der Waals surface area contributed by atoms with Crippen molar-refractivity contribution in [2.24, 2.45) is 0 Å². The Morgan fingerprint density at radius 2 is 1.63 bits per heavy atom. The SMILES string of the molecule is CC(C)(C)N1C(=O)c2cc(Cl)c([N+](=O)[O-])cc2C1=O. The lowest BCUT2D eigenvalue weighted by Crippen LogP contribution is -2.45. The van der Waals surface area contributed by atoms with Crippen molar-refractivity contribution in [1.29, 1.82) is 0 Å². The molecule has 0 unspecified atom stereocenters. The van der Waals surface area contributed by atoms with Crippen molar-refractivity contribution in [3.63, 3.8) is 0 Å². The molecule has 0 radical (unpaired) electrons. The van der Waals surface area contributed by atoms with E-state index in [-0.39, 0.29) is 21.8 Å². The zero-order valence-electron chi connectivity index (χ0n) is 10.6. The Labute approximate surface area is 114 Å². The minimum atomic E-state index is -0.700. The molecular weight excluding hydrogens is 272 g/mol. The Morgan fingerprint density at radius 1 is 1.16 bits per heavy atom. The number of rotatable bonds is 1. The summed E-state index contributed by atoms with van der Waals surface area (Å²) in [6.45, 7) is 5.14. The van der Waals surface area contributed by atoms with E-state index in [2.05, 4.69) is 0 Å². The lowest BCUT2D eigenvalue weighted by molar-refractivity contribution is -0.384. The molecule has 0 bridgehead atoms. The van der Waals surface area contributed by atoms with Gasteiger partial charge >= 0.3 is 0 Å². The summed E-state index contributed by atoms with van der Waals surface area (Å²) < 4.78 is 0. The summed E-state index contributed by atoms with van der Waals surface area (Å²) >= 11 is 5.75. The van der Waals surface area contributed by atoms with E-state index in [4.69, 9.17) is 11.6 Å². The number of nitro groups is 1. The van der Waals surface area contributed by atoms with Crippen molar-refractivity contribution in [2.45, 2.75) is 26.3 Å². The van der Waals surface area contributed by atoms with Gasteiger partial charge in [0.2, 0.25) is 0 Å². The summed E-state index contributed by atoms with van der Waals surface area (Å²) in [6.07, 6.45) is 0. The second kappa shape index (κ2) is 4.03. The Hall–Kier alpha value is -1.95. The Kier molecular flexibility index (Phi) is 2.86. The molecule has 2 rings (SSSR count). The first-order valence-electron chi connectivity index (χ1n) is 5.51. The smallest absolute Gasteiger partial charge is 0.269 e. The number of carbonyl (C=O) groups excluding carboxylic acids is 2. The van der Waals surface area contributed by atoms with Gasteiger partial charge in [-0.2, -0.15) is 0 Å². The maximum absolute atomic E-state index is 12.2. The second-order valence-corrected chi connectivity index (χ2v) is 5.63. The van der Waals surface area contributed by atoms with Crippen LogP contribution in [0.3, 0.4) is 0 Å². The van der Waals surface area contributed by atoms with Crippen LogP contribution in [0.1, 0.15) is 41.5 Å². The number of nitro benzene ring substituents is 1. The van der Waals surface area contributed by atoms with Gasteiger partial charge in [0.25, 0.3) is 17.5 Å². The van der Waals surface area contributed by atoms with Crippen molar-refractivity contribution in [3.05, 3.63) is 38.4 Å². The third-order valence-electron chi connectivity index (χ3n) is 2.82. The summed E-state index contributed by atoms with van der Waals surface area (Å²) in [5.41, 5.74) is -0.946. The molecule has 0 atom stereocenters. The number of hydrogen-bond donors (Lipinski definition) is 0. The zero-order chi connectivity index (χ0) is 14.5. The standard InChI is InChI=1S/C12H11ClN2O4/c1-12(2,3)14-10(16)6-4-8(13)9(15(18)19)5-7(6)11(14)17/h4-5H,1-3H3. The largest absolute Gasteiger partial charge is 0.288 e. The summed E-state index contributed by atoms with van der Waals surface area (Å²) in [4.78, 5) is 35.5. The lowest BCUT2D eigenvalue weighted by atomic mass is 10.1. The Morgan fingerprint density at radius 3 is 2.05 bits per heavy atom. The molecule has 0 N–H and O–H groups in total. The first kappa shape index (κ1) is 13.5. The fourth-order valence-corrected chi connectivity index (χ4v) is 2.23. The quantitative estimate of drug-likeness (QED) is 0.450. The topological polar surface area (TPSA) is 80.5 Å². The number of hydrogen-bond acceptors (Lipinski definition) is 4. The average molecular weight is 283 g/mol. The monoisotopic (exact) mass is 282 g/mol. The van der Waals surface area contributed by atoms with Crippen LogP contribution in [0, 0.1) is 10.1 Å². The van der Waals surface area contributed by atoms with Crippen LogP contribution in [0.2, 0.25) is 5.02 Å². The van der Waals surface area contributed by atoms with E-state index in [1.807, 2.05) is 0 Å². The van der Waals surface area contributed by atoms with Crippen LogP contribution in [0.15, 0.2) is 12.1 Å². The highest BCUT2D eigenvalue weighted by atomic mass is 35.5. The van der Waals surface area contributed by atoms with Crippen LogP contribution < -0.4 is 0 Å². The zero-order valence-corrected chi connectivity index (χ0v) is 11.3. The number of halogens is 1. The van der Waals surface area contributed by atoms with Gasteiger partial charge in [0, 0.05) is 11.6 Å². The number of benzene rings is 1. The molecule has 0 aromatic heterocycles. The molecule has 1 heterocycles. The molecule has 0 saturated carbocycles. The third-order valence-corrected chi connectivity index (χ3v) is 3.12. The Bertz CT molecular complexity index is 619. The molecule has 1 aromatic carbocycles. The van der Waals surface area contributed by atoms with E-state index < -0.39 is 22.3 Å². The van der Waals surface area contributed by atoms with E-state index >= 15 is 0 Å². The first-order chi connectivity index (χ1) is 8.64. The number of amides is 2. The minimum absolute atomic E-state index is 0.0241. The molecule has 1 aromatic rings. The van der Waals surface area contributed by atoms with Gasteiger partial charge in [-0.15, -0.1) is 0 Å². The van der Waals surface area contributed by atoms with Gasteiger partial charge in [-0.25, -0.2) is 0 Å². The van der Waals surface area contributed by atoms with Crippen molar-refractivity contribution in [1.82, 2.24) is 4.90 Å². The maximum atomic E-state index is 12.2. The molecule has 7 heteroatoms. The molecular formula is C12H11ClN2O4. The van der Waals surface area contributed by atoms with Gasteiger partial charge in [0.15, 0.2) is 0 Å². The third kappa shape index (κ3) is 1.98. The molecule has 1 aliphatic rings. The molecule has 0 fully saturated rings. The van der Waals surface area contributed by atoms with Gasteiger partial charge in [0.05, 0.1) is 16.1 Å². The van der Waals surface area contributed by atoms with Gasteiger partial charge in [0.1, 0.15) is 5.02 Å². The summed E-state index contributed by atoms with van der Waals surface area (Å²) in [5.74, 6) is -1.02. The number of carbonyl (C=O) groups is 2. The fourth-order valence-electron chi connectivity index (χ4n) is 2.00. The van der Waals surface area contributed by atoms with Crippen LogP contribution in [0.5, 0.6) is 0 Å². The molecule has 2 amide bonds. The number of nitrogens with zero attached hydrogens (tertiary/aromatic N) is 2. The van der Waals surface area contributed by atoms with E-state index in [1.165, 1.54) is 6.07 Å². The molecule has 0 saturated heterocycles. The van der Waals surface area contributed by atoms with Crippen LogP contribution in [-0.2, 0) is 0 Å². The molecule has 0 spiro atoms. The minimum Gasteiger partial charge on any atom is -0.269 e. The molecule has 6 nitrogen and oxygen atoms in total. The molecule has 0 aliphatic carbocycles. The first-order valence-corrected chi connectivity index (χ1v) is 5.89. The number of fused-ring (bicyclic) bond motifs is 1. The van der Waals surface area contributed by atoms with Gasteiger partial charge < -0.3 is 0 Å². The van der Waals surface area contributed by atoms with Gasteiger partial charge in [-0.1, -0.05) is 11.6 Å². The maximum Gasteiger partial charge on any atom is 0.288 e. The van der Waals surface area contributed by atoms with Crippen LogP contribution in [0.25, 0.3) is 0 Å². The van der Waals surface area contributed by atoms with Crippen LogP contribution >= 0.6 is 11.6 Å². The lowest BCUT2D eigenvalue weighted by Gasteiger charge is -2.29. The van der Waals surface area contributed by atoms with E-state index in [9.17, 15) is 19.7 Å². The summed E-state index contributed by atoms with van der Waals surface area (Å²) in [6, 6.07) is 2.24.